The number of fused-ring (bicyclic) bond motifs is 2. The van der Waals surface area contributed by atoms with Crippen LogP contribution < -0.4 is 0 Å². The number of hydrogen-bond donors (Lipinski definition) is 0. The largest absolute Gasteiger partial charge is 0.396 e. The Kier molecular flexibility index (Phi) is 3.84. The summed E-state index contributed by atoms with van der Waals surface area (Å²) in [5, 5.41) is 4.25. The van der Waals surface area contributed by atoms with Crippen LogP contribution in [0.3, 0.4) is 0 Å². The minimum absolute atomic E-state index is 0.652. The Morgan fingerprint density at radius 2 is 2.12 bits per heavy atom. The zero-order chi connectivity index (χ0) is 11.4. The Hall–Kier alpha value is -1.01. The first-order valence-corrected chi connectivity index (χ1v) is 6.14. The molecule has 16 heavy (non-hydrogen) atoms. The molecule has 0 aromatic rings. The maximum Gasteiger partial charge on any atom is 0.118 e. The second-order valence-corrected chi connectivity index (χ2v) is 4.76. The zero-order valence-corrected chi connectivity index (χ0v) is 9.98. The van der Waals surface area contributed by atoms with Gasteiger partial charge in [0, 0.05) is 31.3 Å². The highest BCUT2D eigenvalue weighted by Gasteiger charge is 2.36. The van der Waals surface area contributed by atoms with Crippen molar-refractivity contribution in [3.63, 3.8) is 0 Å². The van der Waals surface area contributed by atoms with E-state index in [4.69, 9.17) is 11.3 Å². The van der Waals surface area contributed by atoms with Crippen molar-refractivity contribution in [2.75, 3.05) is 13.7 Å². The van der Waals surface area contributed by atoms with Crippen molar-refractivity contribution in [1.82, 2.24) is 4.90 Å². The van der Waals surface area contributed by atoms with Gasteiger partial charge < -0.3 is 4.84 Å². The standard InChI is InChI=1S/C13H20N2O/c1-3-4-5-8-16-14-11-9-12-6-7-13(10-11)15(12)2/h1,12-13H,4-10H2,2H3/t12-,13+. The number of nitrogens with zero attached hydrogens (tertiary/aromatic N) is 2. The lowest BCUT2D eigenvalue weighted by Gasteiger charge is -2.31. The fourth-order valence-electron chi connectivity index (χ4n) is 2.66. The first-order chi connectivity index (χ1) is 7.81. The van der Waals surface area contributed by atoms with Crippen LogP contribution in [-0.2, 0) is 4.84 Å². The Bertz CT molecular complexity index is 290. The molecule has 0 unspecified atom stereocenters. The Morgan fingerprint density at radius 1 is 1.44 bits per heavy atom. The summed E-state index contributed by atoms with van der Waals surface area (Å²) in [6, 6.07) is 1.40. The van der Waals surface area contributed by atoms with Gasteiger partial charge in [0.25, 0.3) is 0 Å². The summed E-state index contributed by atoms with van der Waals surface area (Å²) >= 11 is 0. The fraction of sp³-hybridized carbons (Fsp3) is 0.769. The maximum atomic E-state index is 5.31. The Labute approximate surface area is 97.8 Å². The zero-order valence-electron chi connectivity index (χ0n) is 9.98. The molecule has 2 bridgehead atoms. The number of hydrogen-bond acceptors (Lipinski definition) is 3. The van der Waals surface area contributed by atoms with Crippen LogP contribution in [0.4, 0.5) is 0 Å². The van der Waals surface area contributed by atoms with E-state index in [0.29, 0.717) is 18.7 Å². The van der Waals surface area contributed by atoms with Crippen molar-refractivity contribution < 1.29 is 4.84 Å². The molecule has 2 rings (SSSR count). The van der Waals surface area contributed by atoms with Gasteiger partial charge in [0.2, 0.25) is 0 Å². The van der Waals surface area contributed by atoms with Crippen LogP contribution in [-0.4, -0.2) is 36.3 Å². The van der Waals surface area contributed by atoms with Crippen LogP contribution in [0.2, 0.25) is 0 Å². The molecule has 2 aliphatic rings. The molecule has 0 N–H and O–H groups in total. The van der Waals surface area contributed by atoms with E-state index >= 15 is 0 Å². The van der Waals surface area contributed by atoms with Crippen molar-refractivity contribution in [3.05, 3.63) is 0 Å². The molecular weight excluding hydrogens is 200 g/mol. The number of unbranched alkanes of at least 4 members (excludes halogenated alkanes) is 1. The van der Waals surface area contributed by atoms with E-state index in [0.717, 1.165) is 25.7 Å². The van der Waals surface area contributed by atoms with Crippen LogP contribution in [0.1, 0.15) is 38.5 Å². The molecule has 0 saturated carbocycles. The van der Waals surface area contributed by atoms with Crippen molar-refractivity contribution in [3.8, 4) is 12.3 Å². The topological polar surface area (TPSA) is 24.8 Å². The molecule has 0 aliphatic carbocycles. The average molecular weight is 220 g/mol. The lowest BCUT2D eigenvalue weighted by Crippen LogP contribution is -2.40. The smallest absolute Gasteiger partial charge is 0.118 e. The second kappa shape index (κ2) is 5.36. The molecule has 0 aromatic heterocycles. The van der Waals surface area contributed by atoms with Gasteiger partial charge in [-0.05, 0) is 26.3 Å². The third-order valence-electron chi connectivity index (χ3n) is 3.68. The van der Waals surface area contributed by atoms with Gasteiger partial charge in [-0.25, -0.2) is 0 Å². The summed E-state index contributed by atoms with van der Waals surface area (Å²) in [5.74, 6) is 2.60. The van der Waals surface area contributed by atoms with E-state index in [9.17, 15) is 0 Å². The molecule has 0 aromatic carbocycles. The summed E-state index contributed by atoms with van der Waals surface area (Å²) in [7, 11) is 2.23. The summed E-state index contributed by atoms with van der Waals surface area (Å²) in [5.41, 5.74) is 1.24. The van der Waals surface area contributed by atoms with E-state index in [1.165, 1.54) is 18.6 Å². The van der Waals surface area contributed by atoms with Gasteiger partial charge in [-0.2, -0.15) is 0 Å². The second-order valence-electron chi connectivity index (χ2n) is 4.76. The summed E-state index contributed by atoms with van der Waals surface area (Å²) in [6.45, 7) is 0.652. The third-order valence-corrected chi connectivity index (χ3v) is 3.68. The van der Waals surface area contributed by atoms with Crippen LogP contribution in [0.15, 0.2) is 5.16 Å². The fourth-order valence-corrected chi connectivity index (χ4v) is 2.66. The maximum absolute atomic E-state index is 5.31. The third kappa shape index (κ3) is 2.56. The van der Waals surface area contributed by atoms with Crippen molar-refractivity contribution in [1.29, 1.82) is 0 Å². The van der Waals surface area contributed by atoms with Gasteiger partial charge in [-0.3, -0.25) is 4.90 Å². The lowest BCUT2D eigenvalue weighted by atomic mass is 10.0. The van der Waals surface area contributed by atoms with E-state index in [1.807, 2.05) is 0 Å². The van der Waals surface area contributed by atoms with Crippen molar-refractivity contribution >= 4 is 5.71 Å². The lowest BCUT2D eigenvalue weighted by molar-refractivity contribution is 0.137. The van der Waals surface area contributed by atoms with E-state index < -0.39 is 0 Å². The van der Waals surface area contributed by atoms with E-state index in [1.54, 1.807) is 0 Å². The molecule has 2 atom stereocenters. The normalized spacial score (nSPS) is 31.6. The molecule has 0 amide bonds. The first-order valence-electron chi connectivity index (χ1n) is 6.14. The summed E-state index contributed by atoms with van der Waals surface area (Å²) < 4.78 is 0. The van der Waals surface area contributed by atoms with E-state index in [2.05, 4.69) is 23.0 Å². The molecule has 2 saturated heterocycles. The van der Waals surface area contributed by atoms with Gasteiger partial charge in [-0.15, -0.1) is 12.3 Å². The van der Waals surface area contributed by atoms with Crippen LogP contribution in [0.25, 0.3) is 0 Å². The minimum atomic E-state index is 0.652. The summed E-state index contributed by atoms with van der Waals surface area (Å²) in [4.78, 5) is 7.81. The van der Waals surface area contributed by atoms with Gasteiger partial charge in [0.15, 0.2) is 0 Å². The van der Waals surface area contributed by atoms with Crippen LogP contribution in [0, 0.1) is 12.3 Å². The highest BCUT2D eigenvalue weighted by atomic mass is 16.6. The predicted octanol–water partition coefficient (Wildman–Crippen LogP) is 2.03. The molecular formula is C13H20N2O. The number of piperidine rings is 1. The van der Waals surface area contributed by atoms with Gasteiger partial charge >= 0.3 is 0 Å². The average Bonchev–Trinajstić information content (AvgIpc) is 2.54. The predicted molar refractivity (Wildman–Crippen MR) is 65.3 cm³/mol. The number of terminal acetylenes is 1. The molecule has 2 heterocycles. The quantitative estimate of drug-likeness (QED) is 0.411. The molecule has 2 aliphatic heterocycles. The number of oxime groups is 1. The molecule has 3 heteroatoms. The highest BCUT2D eigenvalue weighted by molar-refractivity contribution is 5.86. The first kappa shape index (κ1) is 11.5. The van der Waals surface area contributed by atoms with Gasteiger partial charge in [0.1, 0.15) is 6.61 Å². The molecule has 88 valence electrons. The van der Waals surface area contributed by atoms with E-state index in [-0.39, 0.29) is 0 Å². The molecule has 0 radical (unpaired) electrons. The molecule has 0 spiro atoms. The molecule has 3 nitrogen and oxygen atoms in total. The summed E-state index contributed by atoms with van der Waals surface area (Å²) in [6.07, 6.45) is 11.7. The number of rotatable bonds is 4. The van der Waals surface area contributed by atoms with Gasteiger partial charge in [0.05, 0.1) is 5.71 Å². The van der Waals surface area contributed by atoms with Crippen molar-refractivity contribution in [2.45, 2.75) is 50.6 Å². The van der Waals surface area contributed by atoms with Crippen molar-refractivity contribution in [2.24, 2.45) is 5.16 Å². The Balaban J connectivity index is 1.75. The monoisotopic (exact) mass is 220 g/mol. The molecule has 2 fully saturated rings. The van der Waals surface area contributed by atoms with Crippen LogP contribution >= 0.6 is 0 Å². The highest BCUT2D eigenvalue weighted by Crippen LogP contribution is 2.32. The van der Waals surface area contributed by atoms with Gasteiger partial charge in [-0.1, -0.05) is 5.16 Å². The minimum Gasteiger partial charge on any atom is -0.396 e. The SMILES string of the molecule is C#CCCCON=C1C[C@H]2CC[C@@H](C1)N2C. The van der Waals surface area contributed by atoms with Crippen LogP contribution in [0.5, 0.6) is 0 Å². The Morgan fingerprint density at radius 3 is 2.75 bits per heavy atom.